The average molecular weight is 470 g/mol. The van der Waals surface area contributed by atoms with Crippen molar-refractivity contribution in [3.8, 4) is 0 Å². The number of carbonyl (C=O) groups is 2. The minimum atomic E-state index is -3.81. The van der Waals surface area contributed by atoms with Gasteiger partial charge >= 0.3 is 5.97 Å². The van der Waals surface area contributed by atoms with E-state index in [2.05, 4.69) is 5.32 Å². The normalized spacial score (nSPS) is 11.4. The Morgan fingerprint density at radius 3 is 2.52 bits per heavy atom. The summed E-state index contributed by atoms with van der Waals surface area (Å²) >= 11 is 5.91. The number of amides is 1. The van der Waals surface area contributed by atoms with Crippen LogP contribution in [0.25, 0.3) is 0 Å². The van der Waals surface area contributed by atoms with Crippen LogP contribution >= 0.6 is 11.6 Å². The Hall–Kier alpha value is -3.02. The fourth-order valence-corrected chi connectivity index (χ4v) is 3.93. The smallest absolute Gasteiger partial charge is 0.338 e. The molecule has 0 heterocycles. The summed E-state index contributed by atoms with van der Waals surface area (Å²) in [6, 6.07) is 8.46. The second-order valence-electron chi connectivity index (χ2n) is 6.69. The van der Waals surface area contributed by atoms with Gasteiger partial charge in [0.15, 0.2) is 6.61 Å². The first-order valence-corrected chi connectivity index (χ1v) is 10.7. The van der Waals surface area contributed by atoms with Gasteiger partial charge in [0.1, 0.15) is 0 Å². The Morgan fingerprint density at radius 1 is 1.23 bits per heavy atom. The molecule has 0 bridgehead atoms. The molecule has 0 aliphatic carbocycles. The highest BCUT2D eigenvalue weighted by Crippen LogP contribution is 2.26. The molecule has 2 rings (SSSR count). The maximum atomic E-state index is 12.6. The van der Waals surface area contributed by atoms with Crippen LogP contribution in [0.5, 0.6) is 0 Å². The van der Waals surface area contributed by atoms with Crippen LogP contribution in [-0.4, -0.2) is 49.2 Å². The monoisotopic (exact) mass is 469 g/mol. The molecule has 2 aromatic rings. The second-order valence-corrected chi connectivity index (χ2v) is 9.09. The van der Waals surface area contributed by atoms with E-state index in [0.29, 0.717) is 0 Å². The summed E-state index contributed by atoms with van der Waals surface area (Å²) in [5.41, 5.74) is -0.345. The molecule has 1 N–H and O–H groups in total. The van der Waals surface area contributed by atoms with Crippen molar-refractivity contribution < 1.29 is 27.7 Å². The molecule has 0 atom stereocenters. The van der Waals surface area contributed by atoms with E-state index in [-0.39, 0.29) is 32.9 Å². The van der Waals surface area contributed by atoms with Gasteiger partial charge in [0.2, 0.25) is 10.0 Å². The number of nitrogens with zero attached hydrogens (tertiary/aromatic N) is 2. The van der Waals surface area contributed by atoms with Crippen LogP contribution < -0.4 is 5.32 Å². The summed E-state index contributed by atoms with van der Waals surface area (Å²) in [5, 5.41) is 13.2. The van der Waals surface area contributed by atoms with Crippen molar-refractivity contribution in [1.82, 2.24) is 4.31 Å². The second kappa shape index (κ2) is 9.86. The third-order valence-electron chi connectivity index (χ3n) is 4.24. The Balaban J connectivity index is 2.08. The lowest BCUT2D eigenvalue weighted by atomic mass is 10.2. The number of hydrogen-bond donors (Lipinski definition) is 1. The van der Waals surface area contributed by atoms with Crippen molar-refractivity contribution in [3.05, 3.63) is 63.2 Å². The van der Waals surface area contributed by atoms with Gasteiger partial charge < -0.3 is 10.1 Å². The molecule has 166 valence electrons. The Kier molecular flexibility index (Phi) is 7.71. The first-order chi connectivity index (χ1) is 14.4. The van der Waals surface area contributed by atoms with E-state index in [0.717, 1.165) is 16.4 Å². The summed E-state index contributed by atoms with van der Waals surface area (Å²) < 4.78 is 31.2. The first-order valence-electron chi connectivity index (χ1n) is 8.92. The molecule has 0 fully saturated rings. The van der Waals surface area contributed by atoms with E-state index < -0.39 is 33.4 Å². The number of nitro benzene ring substituents is 1. The molecule has 0 radical (unpaired) electrons. The van der Waals surface area contributed by atoms with E-state index in [4.69, 9.17) is 16.3 Å². The molecule has 31 heavy (non-hydrogen) atoms. The minimum absolute atomic E-state index is 0.0123. The van der Waals surface area contributed by atoms with Crippen LogP contribution in [0.4, 0.5) is 11.4 Å². The zero-order chi connectivity index (χ0) is 23.3. The predicted octanol–water partition coefficient (Wildman–Crippen LogP) is 3.07. The largest absolute Gasteiger partial charge is 0.452 e. The lowest BCUT2D eigenvalue weighted by Gasteiger charge is -2.21. The van der Waals surface area contributed by atoms with E-state index in [1.807, 2.05) is 0 Å². The van der Waals surface area contributed by atoms with Crippen LogP contribution in [0.2, 0.25) is 5.02 Å². The van der Waals surface area contributed by atoms with Crippen LogP contribution in [0.3, 0.4) is 0 Å². The fourth-order valence-electron chi connectivity index (χ4n) is 2.35. The van der Waals surface area contributed by atoms with Crippen molar-refractivity contribution in [3.63, 3.8) is 0 Å². The van der Waals surface area contributed by atoms with Gasteiger partial charge in [-0.2, -0.15) is 4.31 Å². The number of non-ortho nitro benzene ring substituents is 1. The summed E-state index contributed by atoms with van der Waals surface area (Å²) in [6.07, 6.45) is 0. The van der Waals surface area contributed by atoms with Gasteiger partial charge in [0.25, 0.3) is 11.6 Å². The molecule has 0 saturated heterocycles. The Bertz CT molecular complexity index is 1120. The third-order valence-corrected chi connectivity index (χ3v) is 6.60. The molecule has 0 unspecified atom stereocenters. The number of anilines is 1. The summed E-state index contributed by atoms with van der Waals surface area (Å²) in [4.78, 5) is 34.4. The molecular formula is C19H20ClN3O7S. The van der Waals surface area contributed by atoms with Gasteiger partial charge in [-0.05, 0) is 38.1 Å². The number of sulfonamides is 1. The van der Waals surface area contributed by atoms with Crippen molar-refractivity contribution in [2.24, 2.45) is 0 Å². The summed E-state index contributed by atoms with van der Waals surface area (Å²) in [5.74, 6) is -1.69. The van der Waals surface area contributed by atoms with Crippen molar-refractivity contribution in [2.45, 2.75) is 24.8 Å². The molecular weight excluding hydrogens is 450 g/mol. The zero-order valence-corrected chi connectivity index (χ0v) is 18.4. The van der Waals surface area contributed by atoms with Crippen molar-refractivity contribution in [2.75, 3.05) is 19.0 Å². The maximum Gasteiger partial charge on any atom is 0.338 e. The van der Waals surface area contributed by atoms with Gasteiger partial charge in [-0.1, -0.05) is 17.7 Å². The van der Waals surface area contributed by atoms with Crippen LogP contribution in [0.15, 0.2) is 47.4 Å². The van der Waals surface area contributed by atoms with Crippen LogP contribution in [0.1, 0.15) is 24.2 Å². The lowest BCUT2D eigenvalue weighted by Crippen LogP contribution is -2.33. The number of halogens is 1. The number of carbonyl (C=O) groups excluding carboxylic acids is 2. The fraction of sp³-hybridized carbons (Fsp3) is 0.263. The third kappa shape index (κ3) is 6.00. The maximum absolute atomic E-state index is 12.6. The van der Waals surface area contributed by atoms with Gasteiger partial charge in [0.05, 0.1) is 26.1 Å². The van der Waals surface area contributed by atoms with E-state index in [1.165, 1.54) is 37.4 Å². The van der Waals surface area contributed by atoms with Crippen LogP contribution in [0, 0.1) is 10.1 Å². The molecule has 10 nitrogen and oxygen atoms in total. The number of nitrogens with one attached hydrogen (secondary N) is 1. The molecule has 2 aromatic carbocycles. The number of esters is 1. The predicted molar refractivity (Wildman–Crippen MR) is 114 cm³/mol. The summed E-state index contributed by atoms with van der Waals surface area (Å²) in [7, 11) is -2.38. The quantitative estimate of drug-likeness (QED) is 0.356. The lowest BCUT2D eigenvalue weighted by molar-refractivity contribution is -0.384. The standard InChI is InChI=1S/C19H20ClN3O7S/c1-12(2)22(3)31(28,29)15-6-4-5-13(9-15)19(25)30-11-18(24)21-17-10-14(23(26)27)7-8-16(17)20/h4-10,12H,11H2,1-3H3,(H,21,24). The van der Waals surface area contributed by atoms with Crippen molar-refractivity contribution in [1.29, 1.82) is 0 Å². The topological polar surface area (TPSA) is 136 Å². The molecule has 0 saturated carbocycles. The molecule has 0 aliphatic heterocycles. The minimum Gasteiger partial charge on any atom is -0.452 e. The zero-order valence-electron chi connectivity index (χ0n) is 16.9. The van der Waals surface area contributed by atoms with Crippen molar-refractivity contribution >= 4 is 44.9 Å². The van der Waals surface area contributed by atoms with Gasteiger partial charge in [-0.25, -0.2) is 13.2 Å². The highest BCUT2D eigenvalue weighted by molar-refractivity contribution is 7.89. The Morgan fingerprint density at radius 2 is 1.90 bits per heavy atom. The number of nitro groups is 1. The average Bonchev–Trinajstić information content (AvgIpc) is 2.72. The highest BCUT2D eigenvalue weighted by atomic mass is 35.5. The Labute approximate surface area is 184 Å². The first kappa shape index (κ1) is 24.3. The summed E-state index contributed by atoms with van der Waals surface area (Å²) in [6.45, 7) is 2.71. The molecule has 12 heteroatoms. The number of benzene rings is 2. The molecule has 0 spiro atoms. The van der Waals surface area contributed by atoms with Gasteiger partial charge in [-0.15, -0.1) is 0 Å². The van der Waals surface area contributed by atoms with Gasteiger partial charge in [0, 0.05) is 25.2 Å². The molecule has 1 amide bonds. The van der Waals surface area contributed by atoms with Crippen LogP contribution in [-0.2, 0) is 19.6 Å². The van der Waals surface area contributed by atoms with E-state index in [1.54, 1.807) is 13.8 Å². The number of hydrogen-bond acceptors (Lipinski definition) is 7. The molecule has 0 aromatic heterocycles. The highest BCUT2D eigenvalue weighted by Gasteiger charge is 2.24. The van der Waals surface area contributed by atoms with E-state index in [9.17, 15) is 28.1 Å². The van der Waals surface area contributed by atoms with Gasteiger partial charge in [-0.3, -0.25) is 14.9 Å². The molecule has 0 aliphatic rings. The number of ether oxygens (including phenoxy) is 1. The number of rotatable bonds is 8. The SMILES string of the molecule is CC(C)N(C)S(=O)(=O)c1cccc(C(=O)OCC(=O)Nc2cc([N+](=O)[O-])ccc2Cl)c1. The van der Waals surface area contributed by atoms with E-state index >= 15 is 0 Å².